The molecule has 0 unspecified atom stereocenters. The first-order valence-electron chi connectivity index (χ1n) is 13.7. The largest absolute Gasteiger partial charge is 0.432 e. The van der Waals surface area contributed by atoms with Crippen molar-refractivity contribution >= 4 is 19.1 Å². The van der Waals surface area contributed by atoms with E-state index >= 15 is 0 Å². The third-order valence-electron chi connectivity index (χ3n) is 7.88. The van der Waals surface area contributed by atoms with Crippen molar-refractivity contribution in [3.63, 3.8) is 0 Å². The minimum absolute atomic E-state index is 0.0322. The van der Waals surface area contributed by atoms with Gasteiger partial charge in [0.25, 0.3) is 5.56 Å². The average molecular weight is 548 g/mol. The van der Waals surface area contributed by atoms with Crippen LogP contribution in [0.5, 0.6) is 0 Å². The zero-order valence-corrected chi connectivity index (χ0v) is 23.8. The van der Waals surface area contributed by atoms with Crippen molar-refractivity contribution in [2.45, 2.75) is 70.0 Å². The summed E-state index contributed by atoms with van der Waals surface area (Å²) in [6.45, 7) is 6.90. The molecule has 5 rings (SSSR count). The monoisotopic (exact) mass is 547 g/mol. The Morgan fingerprint density at radius 1 is 1.05 bits per heavy atom. The molecule has 0 bridgehead atoms. The van der Waals surface area contributed by atoms with Gasteiger partial charge < -0.3 is 14.6 Å². The minimum Gasteiger partial charge on any atom is -0.432 e. The molecule has 4 aromatic rings. The molecule has 2 aromatic heterocycles. The predicted molar refractivity (Wildman–Crippen MR) is 152 cm³/mol. The molecule has 1 saturated heterocycles. The molecule has 3 heterocycles. The van der Waals surface area contributed by atoms with E-state index in [0.717, 1.165) is 41.6 Å². The summed E-state index contributed by atoms with van der Waals surface area (Å²) in [5.41, 5.74) is 2.62. The van der Waals surface area contributed by atoms with Crippen LogP contribution in [0.1, 0.15) is 31.0 Å². The fourth-order valence-corrected chi connectivity index (χ4v) is 8.70. The smallest absolute Gasteiger partial charge is 0.279 e. The summed E-state index contributed by atoms with van der Waals surface area (Å²) in [6.07, 6.45) is 6.44. The Kier molecular flexibility index (Phi) is 8.08. The van der Waals surface area contributed by atoms with Gasteiger partial charge in [0.05, 0.1) is 35.2 Å². The van der Waals surface area contributed by atoms with Gasteiger partial charge in [-0.15, -0.1) is 5.10 Å². The van der Waals surface area contributed by atoms with Gasteiger partial charge >= 0.3 is 0 Å². The van der Waals surface area contributed by atoms with Crippen LogP contribution in [0, 0.1) is 5.92 Å². The Morgan fingerprint density at radius 3 is 2.67 bits per heavy atom. The van der Waals surface area contributed by atoms with E-state index in [1.807, 2.05) is 61.8 Å². The molecular weight excluding hydrogens is 510 g/mol. The first-order chi connectivity index (χ1) is 18.7. The maximum Gasteiger partial charge on any atom is 0.279 e. The van der Waals surface area contributed by atoms with Crippen LogP contribution in [-0.4, -0.2) is 61.8 Å². The molecule has 1 aliphatic heterocycles. The lowest BCUT2D eigenvalue weighted by molar-refractivity contribution is 0.0245. The molecule has 0 saturated carbocycles. The first kappa shape index (κ1) is 27.4. The third-order valence-corrected chi connectivity index (χ3v) is 10.4. The number of rotatable bonds is 10. The van der Waals surface area contributed by atoms with Gasteiger partial charge in [-0.1, -0.05) is 42.5 Å². The van der Waals surface area contributed by atoms with Crippen LogP contribution in [0.2, 0.25) is 18.6 Å². The zero-order valence-electron chi connectivity index (χ0n) is 22.8. The predicted octanol–water partition coefficient (Wildman–Crippen LogP) is 3.51. The Morgan fingerprint density at radius 2 is 1.87 bits per heavy atom. The molecule has 206 valence electrons. The van der Waals surface area contributed by atoms with E-state index < -0.39 is 8.32 Å². The standard InChI is InChI=1S/C29H37N5O4Si/c1-20-26(38-27(28(20)39(2,3)37)13-15-33-19-23(14-16-35)31-32-33)12-11-21-7-6-9-24(17-21)34-29(36)25-10-5-4-8-22(25)18-30-34/h4-10,17-20,26-28,35,37H,11-16H2,1-3H3/t20-,26+,27-,28+/m1/s1. The van der Waals surface area contributed by atoms with E-state index in [4.69, 9.17) is 9.84 Å². The summed E-state index contributed by atoms with van der Waals surface area (Å²) >= 11 is 0. The van der Waals surface area contributed by atoms with Crippen molar-refractivity contribution in [3.8, 4) is 5.69 Å². The number of aromatic nitrogens is 5. The Bertz CT molecular complexity index is 1480. The lowest BCUT2D eigenvalue weighted by Gasteiger charge is -2.30. The molecule has 2 aromatic carbocycles. The molecule has 1 aliphatic rings. The van der Waals surface area contributed by atoms with E-state index in [1.165, 1.54) is 4.68 Å². The number of aryl methyl sites for hydroxylation is 2. The van der Waals surface area contributed by atoms with Crippen molar-refractivity contribution in [1.82, 2.24) is 24.8 Å². The van der Waals surface area contributed by atoms with Gasteiger partial charge in [0.1, 0.15) is 0 Å². The summed E-state index contributed by atoms with van der Waals surface area (Å²) in [7, 11) is -2.48. The molecule has 1 fully saturated rings. The Labute approximate surface area is 229 Å². The number of fused-ring (bicyclic) bond motifs is 1. The summed E-state index contributed by atoms with van der Waals surface area (Å²) < 4.78 is 9.85. The lowest BCUT2D eigenvalue weighted by Crippen LogP contribution is -2.40. The minimum atomic E-state index is -2.48. The second kappa shape index (κ2) is 11.5. The molecule has 39 heavy (non-hydrogen) atoms. The number of aliphatic hydroxyl groups excluding tert-OH is 1. The van der Waals surface area contributed by atoms with E-state index in [-0.39, 0.29) is 35.8 Å². The van der Waals surface area contributed by atoms with E-state index in [9.17, 15) is 9.59 Å². The van der Waals surface area contributed by atoms with Gasteiger partial charge in [-0.2, -0.15) is 9.78 Å². The van der Waals surface area contributed by atoms with E-state index in [2.05, 4.69) is 28.4 Å². The Hall–Kier alpha value is -3.18. The highest BCUT2D eigenvalue weighted by atomic mass is 28.4. The second-order valence-corrected chi connectivity index (χ2v) is 15.1. The molecule has 4 atom stereocenters. The van der Waals surface area contributed by atoms with Crippen molar-refractivity contribution in [2.75, 3.05) is 6.61 Å². The van der Waals surface area contributed by atoms with Crippen LogP contribution in [0.3, 0.4) is 0 Å². The molecular formula is C29H37N5O4Si. The van der Waals surface area contributed by atoms with E-state index in [0.29, 0.717) is 18.4 Å². The normalized spacial score (nSPS) is 21.6. The van der Waals surface area contributed by atoms with Crippen LogP contribution >= 0.6 is 0 Å². The highest BCUT2D eigenvalue weighted by Crippen LogP contribution is 2.45. The fraction of sp³-hybridized carbons (Fsp3) is 0.448. The molecule has 0 amide bonds. The van der Waals surface area contributed by atoms with Gasteiger partial charge in [0.2, 0.25) is 0 Å². The van der Waals surface area contributed by atoms with Crippen LogP contribution < -0.4 is 5.56 Å². The van der Waals surface area contributed by atoms with E-state index in [1.54, 1.807) is 10.9 Å². The topological polar surface area (TPSA) is 115 Å². The van der Waals surface area contributed by atoms with Gasteiger partial charge in [0, 0.05) is 36.7 Å². The Balaban J connectivity index is 1.27. The van der Waals surface area contributed by atoms with Crippen molar-refractivity contribution < 1.29 is 14.6 Å². The number of hydrogen-bond donors (Lipinski definition) is 2. The van der Waals surface area contributed by atoms with Gasteiger partial charge in [-0.05, 0) is 62.0 Å². The first-order valence-corrected chi connectivity index (χ1v) is 16.7. The number of ether oxygens (including phenoxy) is 1. The maximum absolute atomic E-state index is 13.1. The molecule has 0 aliphatic carbocycles. The molecule has 2 N–H and O–H groups in total. The van der Waals surface area contributed by atoms with Crippen LogP contribution in [0.4, 0.5) is 0 Å². The summed E-state index contributed by atoms with van der Waals surface area (Å²) in [6, 6.07) is 15.5. The summed E-state index contributed by atoms with van der Waals surface area (Å²) in [5.74, 6) is 0.232. The van der Waals surface area contributed by atoms with Gasteiger partial charge in [-0.3, -0.25) is 9.48 Å². The van der Waals surface area contributed by atoms with Crippen molar-refractivity contribution in [2.24, 2.45) is 5.92 Å². The van der Waals surface area contributed by atoms with Gasteiger partial charge in [0.15, 0.2) is 8.32 Å². The molecule has 10 heteroatoms. The van der Waals surface area contributed by atoms with Crippen molar-refractivity contribution in [3.05, 3.63) is 82.5 Å². The second-order valence-electron chi connectivity index (χ2n) is 11.1. The van der Waals surface area contributed by atoms with Crippen LogP contribution in [0.25, 0.3) is 16.5 Å². The third kappa shape index (κ3) is 6.04. The fourth-order valence-electron chi connectivity index (χ4n) is 6.04. The quantitative estimate of drug-likeness (QED) is 0.292. The number of hydrogen-bond acceptors (Lipinski definition) is 7. The number of aliphatic hydroxyl groups is 1. The maximum atomic E-state index is 13.1. The molecule has 0 radical (unpaired) electrons. The highest BCUT2D eigenvalue weighted by molar-refractivity contribution is 6.71. The highest BCUT2D eigenvalue weighted by Gasteiger charge is 2.49. The molecule has 9 nitrogen and oxygen atoms in total. The number of benzene rings is 2. The average Bonchev–Trinajstić information content (AvgIpc) is 3.50. The summed E-state index contributed by atoms with van der Waals surface area (Å²) in [5, 5.41) is 23.3. The summed E-state index contributed by atoms with van der Waals surface area (Å²) in [4.78, 5) is 24.2. The SMILES string of the molecule is C[C@H]1[C@H]([Si](C)(C)O)[C@@H](CCn2cc(CCO)nn2)O[C@H]1CCc1cccc(-n2ncc3ccccc3c2=O)c1. The zero-order chi connectivity index (χ0) is 27.6. The van der Waals surface area contributed by atoms with Crippen LogP contribution in [-0.2, 0) is 24.1 Å². The van der Waals surface area contributed by atoms with Gasteiger partial charge in [-0.25, -0.2) is 0 Å². The lowest BCUT2D eigenvalue weighted by atomic mass is 9.95. The van der Waals surface area contributed by atoms with Crippen LogP contribution in [0.15, 0.2) is 65.7 Å². The number of nitrogens with zero attached hydrogens (tertiary/aromatic N) is 5. The van der Waals surface area contributed by atoms with Crippen molar-refractivity contribution in [1.29, 1.82) is 0 Å². The molecule has 0 spiro atoms.